The zero-order chi connectivity index (χ0) is 12.5. The fraction of sp³-hybridized carbons (Fsp3) is 0.250. The van der Waals surface area contributed by atoms with Gasteiger partial charge in [0.25, 0.3) is 10.0 Å². The van der Waals surface area contributed by atoms with Gasteiger partial charge in [-0.05, 0) is 6.07 Å². The molecule has 9 heteroatoms. The molecule has 8 nitrogen and oxygen atoms in total. The maximum absolute atomic E-state index is 11.9. The van der Waals surface area contributed by atoms with E-state index in [4.69, 9.17) is 5.73 Å². The number of rotatable bonds is 4. The second-order valence-electron chi connectivity index (χ2n) is 3.41. The van der Waals surface area contributed by atoms with E-state index >= 15 is 0 Å². The van der Waals surface area contributed by atoms with Crippen LogP contribution in [-0.4, -0.2) is 28.4 Å². The van der Waals surface area contributed by atoms with Crippen LogP contribution in [0.5, 0.6) is 0 Å². The summed E-state index contributed by atoms with van der Waals surface area (Å²) in [6, 6.07) is 1.35. The highest BCUT2D eigenvalue weighted by Crippen LogP contribution is 2.16. The summed E-state index contributed by atoms with van der Waals surface area (Å²) in [7, 11) is -2.00. The van der Waals surface area contributed by atoms with Crippen molar-refractivity contribution in [2.45, 2.75) is 11.6 Å². The van der Waals surface area contributed by atoms with E-state index in [1.54, 1.807) is 13.2 Å². The van der Waals surface area contributed by atoms with E-state index in [1.807, 2.05) is 0 Å². The molecule has 0 atom stereocenters. The van der Waals surface area contributed by atoms with Crippen LogP contribution in [0.4, 0.5) is 5.82 Å². The van der Waals surface area contributed by atoms with Crippen LogP contribution >= 0.6 is 0 Å². The normalized spacial score (nSPS) is 11.6. The smallest absolute Gasteiger partial charge is 0.280 e. The number of hydrogen-bond acceptors (Lipinski definition) is 5. The van der Waals surface area contributed by atoms with Crippen LogP contribution < -0.4 is 10.5 Å². The Hall–Kier alpha value is -1.87. The van der Waals surface area contributed by atoms with Crippen molar-refractivity contribution in [3.63, 3.8) is 0 Å². The molecule has 17 heavy (non-hydrogen) atoms. The Morgan fingerprint density at radius 2 is 2.35 bits per heavy atom. The predicted molar refractivity (Wildman–Crippen MR) is 60.5 cm³/mol. The zero-order valence-corrected chi connectivity index (χ0v) is 9.90. The van der Waals surface area contributed by atoms with Crippen molar-refractivity contribution in [1.82, 2.24) is 20.0 Å². The molecule has 0 aliphatic rings. The minimum Gasteiger partial charge on any atom is -0.326 e. The first-order valence-corrected chi connectivity index (χ1v) is 6.26. The van der Waals surface area contributed by atoms with E-state index in [0.717, 1.165) is 0 Å². The SMILES string of the molecule is Cn1cc(CN)c(NS(=O)(=O)c2ccn[nH]2)n1. The van der Waals surface area contributed by atoms with Gasteiger partial charge in [0.2, 0.25) is 0 Å². The van der Waals surface area contributed by atoms with E-state index < -0.39 is 10.0 Å². The molecule has 0 aliphatic heterocycles. The van der Waals surface area contributed by atoms with Crippen molar-refractivity contribution in [1.29, 1.82) is 0 Å². The van der Waals surface area contributed by atoms with Crippen LogP contribution in [0.25, 0.3) is 0 Å². The number of nitrogens with two attached hydrogens (primary N) is 1. The van der Waals surface area contributed by atoms with E-state index in [9.17, 15) is 8.42 Å². The van der Waals surface area contributed by atoms with Crippen molar-refractivity contribution in [3.05, 3.63) is 24.0 Å². The van der Waals surface area contributed by atoms with Gasteiger partial charge in [0.15, 0.2) is 10.8 Å². The van der Waals surface area contributed by atoms with E-state index in [2.05, 4.69) is 20.0 Å². The molecular formula is C8H12N6O2S. The van der Waals surface area contributed by atoms with Gasteiger partial charge in [0, 0.05) is 25.4 Å². The maximum Gasteiger partial charge on any atom is 0.280 e. The quantitative estimate of drug-likeness (QED) is 0.675. The summed E-state index contributed by atoms with van der Waals surface area (Å²) >= 11 is 0. The van der Waals surface area contributed by atoms with E-state index in [0.29, 0.717) is 5.56 Å². The Labute approximate surface area is 97.9 Å². The minimum absolute atomic E-state index is 0.0221. The van der Waals surface area contributed by atoms with Gasteiger partial charge in [-0.2, -0.15) is 18.6 Å². The van der Waals surface area contributed by atoms with Crippen LogP contribution in [0.2, 0.25) is 0 Å². The Morgan fingerprint density at radius 1 is 1.59 bits per heavy atom. The van der Waals surface area contributed by atoms with Crippen LogP contribution in [0, 0.1) is 0 Å². The summed E-state index contributed by atoms with van der Waals surface area (Å²) in [5.41, 5.74) is 6.11. The number of anilines is 1. The fourth-order valence-corrected chi connectivity index (χ4v) is 2.30. The predicted octanol–water partition coefficient (Wildman–Crippen LogP) is -0.597. The molecule has 0 aromatic carbocycles. The Morgan fingerprint density at radius 3 is 2.94 bits per heavy atom. The molecule has 92 valence electrons. The molecule has 2 aromatic heterocycles. The summed E-state index contributed by atoms with van der Waals surface area (Å²) in [5.74, 6) is 0.226. The third-order valence-corrected chi connectivity index (χ3v) is 3.39. The van der Waals surface area contributed by atoms with Crippen LogP contribution in [0.15, 0.2) is 23.5 Å². The lowest BCUT2D eigenvalue weighted by Gasteiger charge is -2.04. The van der Waals surface area contributed by atoms with Crippen LogP contribution in [0.1, 0.15) is 5.56 Å². The molecule has 0 aliphatic carbocycles. The minimum atomic E-state index is -3.69. The van der Waals surface area contributed by atoms with E-state index in [-0.39, 0.29) is 17.4 Å². The third kappa shape index (κ3) is 2.29. The number of H-pyrrole nitrogens is 1. The molecule has 0 unspecified atom stereocenters. The average molecular weight is 256 g/mol. The monoisotopic (exact) mass is 256 g/mol. The number of sulfonamides is 1. The first kappa shape index (κ1) is 11.6. The zero-order valence-electron chi connectivity index (χ0n) is 9.08. The summed E-state index contributed by atoms with van der Waals surface area (Å²) in [5, 5.41) is 9.93. The Bertz CT molecular complexity index is 600. The Balaban J connectivity index is 2.32. The lowest BCUT2D eigenvalue weighted by molar-refractivity contribution is 0.596. The van der Waals surface area contributed by atoms with Crippen molar-refractivity contribution in [2.24, 2.45) is 12.8 Å². The molecule has 0 bridgehead atoms. The summed E-state index contributed by atoms with van der Waals surface area (Å²) < 4.78 is 27.6. The molecule has 2 rings (SSSR count). The molecule has 2 aromatic rings. The topological polar surface area (TPSA) is 119 Å². The molecule has 0 saturated heterocycles. The standard InChI is InChI=1S/C8H12N6O2S/c1-14-5-6(4-9)8(12-14)13-17(15,16)7-2-3-10-11-7/h2-3,5H,4,9H2,1H3,(H,10,11)(H,12,13). The molecule has 0 amide bonds. The highest BCUT2D eigenvalue weighted by atomic mass is 32.2. The number of aryl methyl sites for hydroxylation is 1. The fourth-order valence-electron chi connectivity index (χ4n) is 1.35. The average Bonchev–Trinajstić information content (AvgIpc) is 2.86. The summed E-state index contributed by atoms with van der Waals surface area (Å²) in [6.07, 6.45) is 3.02. The molecular weight excluding hydrogens is 244 g/mol. The van der Waals surface area contributed by atoms with Gasteiger partial charge in [-0.25, -0.2) is 0 Å². The number of hydrogen-bond donors (Lipinski definition) is 3. The van der Waals surface area contributed by atoms with Crippen LogP contribution in [0.3, 0.4) is 0 Å². The van der Waals surface area contributed by atoms with Gasteiger partial charge in [-0.15, -0.1) is 0 Å². The van der Waals surface area contributed by atoms with Crippen LogP contribution in [-0.2, 0) is 23.6 Å². The summed E-state index contributed by atoms with van der Waals surface area (Å²) in [6.45, 7) is 0.203. The second-order valence-corrected chi connectivity index (χ2v) is 5.06. The van der Waals surface area contributed by atoms with Gasteiger partial charge < -0.3 is 5.73 Å². The van der Waals surface area contributed by atoms with Crippen molar-refractivity contribution in [2.75, 3.05) is 4.72 Å². The van der Waals surface area contributed by atoms with Gasteiger partial charge in [0.1, 0.15) is 0 Å². The highest BCUT2D eigenvalue weighted by Gasteiger charge is 2.18. The summed E-state index contributed by atoms with van der Waals surface area (Å²) in [4.78, 5) is 0. The lowest BCUT2D eigenvalue weighted by Crippen LogP contribution is -2.15. The first-order chi connectivity index (χ1) is 8.03. The molecule has 0 spiro atoms. The molecule has 0 saturated carbocycles. The van der Waals surface area contributed by atoms with Gasteiger partial charge in [0.05, 0.1) is 6.20 Å². The molecule has 0 fully saturated rings. The van der Waals surface area contributed by atoms with Crippen molar-refractivity contribution >= 4 is 15.8 Å². The van der Waals surface area contributed by atoms with Crippen molar-refractivity contribution < 1.29 is 8.42 Å². The Kier molecular flexibility index (Phi) is 2.86. The third-order valence-electron chi connectivity index (χ3n) is 2.12. The first-order valence-electron chi connectivity index (χ1n) is 4.77. The van der Waals surface area contributed by atoms with Gasteiger partial charge >= 0.3 is 0 Å². The number of nitrogens with zero attached hydrogens (tertiary/aromatic N) is 3. The highest BCUT2D eigenvalue weighted by molar-refractivity contribution is 7.92. The number of nitrogens with one attached hydrogen (secondary N) is 2. The number of aromatic amines is 1. The molecule has 0 radical (unpaired) electrons. The van der Waals surface area contributed by atoms with Gasteiger partial charge in [-0.1, -0.05) is 0 Å². The van der Waals surface area contributed by atoms with Gasteiger partial charge in [-0.3, -0.25) is 14.5 Å². The van der Waals surface area contributed by atoms with Crippen molar-refractivity contribution in [3.8, 4) is 0 Å². The second kappa shape index (κ2) is 4.18. The molecule has 4 N–H and O–H groups in total. The number of aromatic nitrogens is 4. The molecule has 2 heterocycles. The van der Waals surface area contributed by atoms with E-state index in [1.165, 1.54) is 16.9 Å². The largest absolute Gasteiger partial charge is 0.326 e. The lowest BCUT2D eigenvalue weighted by atomic mass is 10.3. The maximum atomic E-state index is 11.9.